The Balaban J connectivity index is 1.98. The minimum Gasteiger partial charge on any atom is -0.504 e. The van der Waals surface area contributed by atoms with Crippen LogP contribution < -0.4 is 10.2 Å². The van der Waals surface area contributed by atoms with Gasteiger partial charge in [-0.1, -0.05) is 12.1 Å². The van der Waals surface area contributed by atoms with Crippen molar-refractivity contribution in [2.24, 2.45) is 7.05 Å². The number of para-hydroxylation sites is 1. The number of aromatic hydroxyl groups is 2. The Morgan fingerprint density at radius 1 is 1.25 bits per heavy atom. The van der Waals surface area contributed by atoms with Gasteiger partial charge in [0.15, 0.2) is 11.5 Å². The summed E-state index contributed by atoms with van der Waals surface area (Å²) in [6.07, 6.45) is 0.574. The summed E-state index contributed by atoms with van der Waals surface area (Å²) < 4.78 is 1.85. The molecule has 0 saturated carbocycles. The number of hydrogen-bond acceptors (Lipinski definition) is 6. The molecule has 0 amide bonds. The second-order valence-corrected chi connectivity index (χ2v) is 4.74. The van der Waals surface area contributed by atoms with Crippen molar-refractivity contribution < 1.29 is 10.2 Å². The summed E-state index contributed by atoms with van der Waals surface area (Å²) >= 11 is 0. The smallest absolute Gasteiger partial charge is 0.227 e. The number of aromatic nitrogens is 3. The molecule has 2 rings (SSSR count). The Morgan fingerprint density at radius 2 is 2.00 bits per heavy atom. The summed E-state index contributed by atoms with van der Waals surface area (Å²) in [5.74, 6) is 1.25. The molecule has 0 radical (unpaired) electrons. The molecule has 1 aromatic heterocycles. The van der Waals surface area contributed by atoms with Crippen LogP contribution in [0.2, 0.25) is 0 Å². The minimum absolute atomic E-state index is 0.0683. The van der Waals surface area contributed by atoms with Crippen LogP contribution >= 0.6 is 0 Å². The molecule has 108 valence electrons. The minimum atomic E-state index is -0.101. The average Bonchev–Trinajstić information content (AvgIpc) is 2.76. The highest BCUT2D eigenvalue weighted by molar-refractivity contribution is 5.45. The first-order valence-electron chi connectivity index (χ1n) is 6.31. The van der Waals surface area contributed by atoms with Crippen LogP contribution in [0.4, 0.5) is 11.9 Å². The van der Waals surface area contributed by atoms with E-state index in [0.717, 1.165) is 5.95 Å². The number of nitrogens with zero attached hydrogens (tertiary/aromatic N) is 4. The highest BCUT2D eigenvalue weighted by atomic mass is 16.3. The summed E-state index contributed by atoms with van der Waals surface area (Å²) in [5, 5.41) is 30.4. The third kappa shape index (κ3) is 2.76. The van der Waals surface area contributed by atoms with Crippen molar-refractivity contribution in [1.82, 2.24) is 14.8 Å². The van der Waals surface area contributed by atoms with Gasteiger partial charge < -0.3 is 20.4 Å². The van der Waals surface area contributed by atoms with E-state index in [4.69, 9.17) is 0 Å². The third-order valence-electron chi connectivity index (χ3n) is 3.03. The SMILES string of the molecule is CN(C)c1nnc(NCCc2cccc(O)c2O)n1C. The van der Waals surface area contributed by atoms with E-state index in [2.05, 4.69) is 15.5 Å². The molecular weight excluding hydrogens is 258 g/mol. The Bertz CT molecular complexity index is 594. The predicted octanol–water partition coefficient (Wildman–Crippen LogP) is 0.947. The van der Waals surface area contributed by atoms with E-state index in [-0.39, 0.29) is 11.5 Å². The van der Waals surface area contributed by atoms with Gasteiger partial charge in [0.1, 0.15) is 0 Å². The zero-order chi connectivity index (χ0) is 14.7. The van der Waals surface area contributed by atoms with Crippen molar-refractivity contribution in [3.8, 4) is 11.5 Å². The van der Waals surface area contributed by atoms with E-state index in [9.17, 15) is 10.2 Å². The molecule has 3 N–H and O–H groups in total. The molecule has 0 aliphatic carbocycles. The van der Waals surface area contributed by atoms with Gasteiger partial charge in [0.2, 0.25) is 11.9 Å². The molecule has 1 heterocycles. The predicted molar refractivity (Wildman–Crippen MR) is 77.3 cm³/mol. The summed E-state index contributed by atoms with van der Waals surface area (Å²) in [6.45, 7) is 0.580. The van der Waals surface area contributed by atoms with Crippen LogP contribution in [-0.2, 0) is 13.5 Å². The quantitative estimate of drug-likeness (QED) is 0.705. The van der Waals surface area contributed by atoms with Gasteiger partial charge >= 0.3 is 0 Å². The van der Waals surface area contributed by atoms with Crippen LogP contribution in [-0.4, -0.2) is 45.6 Å². The molecule has 0 spiro atoms. The number of phenols is 2. The van der Waals surface area contributed by atoms with Crippen LogP contribution in [0.3, 0.4) is 0 Å². The summed E-state index contributed by atoms with van der Waals surface area (Å²) in [4.78, 5) is 1.87. The monoisotopic (exact) mass is 277 g/mol. The zero-order valence-electron chi connectivity index (χ0n) is 11.8. The van der Waals surface area contributed by atoms with Gasteiger partial charge in [0.05, 0.1) is 0 Å². The fourth-order valence-electron chi connectivity index (χ4n) is 1.95. The van der Waals surface area contributed by atoms with Crippen LogP contribution in [0.25, 0.3) is 0 Å². The second-order valence-electron chi connectivity index (χ2n) is 4.74. The molecule has 0 fully saturated rings. The maximum atomic E-state index is 9.71. The molecular formula is C13H19N5O2. The molecule has 0 unspecified atom stereocenters. The summed E-state index contributed by atoms with van der Waals surface area (Å²) in [7, 11) is 5.68. The van der Waals surface area contributed by atoms with Crippen LogP contribution in [0.5, 0.6) is 11.5 Å². The first kappa shape index (κ1) is 14.0. The van der Waals surface area contributed by atoms with Crippen molar-refractivity contribution in [3.05, 3.63) is 23.8 Å². The first-order chi connectivity index (χ1) is 9.50. The van der Waals surface area contributed by atoms with Crippen LogP contribution in [0.1, 0.15) is 5.56 Å². The highest BCUT2D eigenvalue weighted by Gasteiger charge is 2.10. The zero-order valence-corrected chi connectivity index (χ0v) is 11.8. The fourth-order valence-corrected chi connectivity index (χ4v) is 1.95. The Labute approximate surface area is 117 Å². The van der Waals surface area contributed by atoms with Gasteiger partial charge in [0, 0.05) is 27.7 Å². The standard InChI is InChI=1S/C13H19N5O2/c1-17(2)13-16-15-12(18(13)3)14-8-7-9-5-4-6-10(19)11(9)20/h4-6,19-20H,7-8H2,1-3H3,(H,14,15). The lowest BCUT2D eigenvalue weighted by Crippen LogP contribution is -2.15. The second kappa shape index (κ2) is 5.68. The molecule has 0 saturated heterocycles. The average molecular weight is 277 g/mol. The van der Waals surface area contributed by atoms with Gasteiger partial charge in [-0.2, -0.15) is 0 Å². The molecule has 20 heavy (non-hydrogen) atoms. The first-order valence-corrected chi connectivity index (χ1v) is 6.31. The number of rotatable bonds is 5. The van der Waals surface area contributed by atoms with E-state index >= 15 is 0 Å². The molecule has 7 nitrogen and oxygen atoms in total. The molecule has 0 bridgehead atoms. The topological polar surface area (TPSA) is 86.4 Å². The molecule has 0 aliphatic heterocycles. The van der Waals surface area contributed by atoms with E-state index in [0.29, 0.717) is 24.5 Å². The van der Waals surface area contributed by atoms with Crippen molar-refractivity contribution in [3.63, 3.8) is 0 Å². The summed E-state index contributed by atoms with van der Waals surface area (Å²) in [6, 6.07) is 4.94. The third-order valence-corrected chi connectivity index (χ3v) is 3.03. The maximum Gasteiger partial charge on any atom is 0.227 e. The lowest BCUT2D eigenvalue weighted by atomic mass is 10.1. The lowest BCUT2D eigenvalue weighted by molar-refractivity contribution is 0.399. The maximum absolute atomic E-state index is 9.71. The Kier molecular flexibility index (Phi) is 3.97. The van der Waals surface area contributed by atoms with Crippen molar-refractivity contribution in [2.75, 3.05) is 30.9 Å². The number of phenolic OH excluding ortho intramolecular Hbond substituents is 2. The normalized spacial score (nSPS) is 10.6. The number of benzene rings is 1. The van der Waals surface area contributed by atoms with Crippen molar-refractivity contribution >= 4 is 11.9 Å². The van der Waals surface area contributed by atoms with E-state index < -0.39 is 0 Å². The highest BCUT2D eigenvalue weighted by Crippen LogP contribution is 2.28. The van der Waals surface area contributed by atoms with Gasteiger partial charge in [0.25, 0.3) is 0 Å². The number of nitrogens with one attached hydrogen (secondary N) is 1. The number of hydrogen-bond donors (Lipinski definition) is 3. The largest absolute Gasteiger partial charge is 0.504 e. The lowest BCUT2D eigenvalue weighted by Gasteiger charge is -2.11. The Morgan fingerprint density at radius 3 is 2.65 bits per heavy atom. The molecule has 1 aromatic carbocycles. The fraction of sp³-hybridized carbons (Fsp3) is 0.385. The van der Waals surface area contributed by atoms with E-state index in [1.54, 1.807) is 12.1 Å². The van der Waals surface area contributed by atoms with E-state index in [1.807, 2.05) is 30.6 Å². The number of anilines is 2. The molecule has 7 heteroatoms. The van der Waals surface area contributed by atoms with Crippen molar-refractivity contribution in [1.29, 1.82) is 0 Å². The van der Waals surface area contributed by atoms with Crippen LogP contribution in [0.15, 0.2) is 18.2 Å². The summed E-state index contributed by atoms with van der Waals surface area (Å²) in [5.41, 5.74) is 0.688. The Hall–Kier alpha value is -2.44. The molecule has 0 aliphatic rings. The van der Waals surface area contributed by atoms with Gasteiger partial charge in [-0.15, -0.1) is 10.2 Å². The van der Waals surface area contributed by atoms with E-state index in [1.165, 1.54) is 6.07 Å². The van der Waals surface area contributed by atoms with Gasteiger partial charge in [-0.05, 0) is 18.1 Å². The van der Waals surface area contributed by atoms with Gasteiger partial charge in [-0.3, -0.25) is 4.57 Å². The van der Waals surface area contributed by atoms with Gasteiger partial charge in [-0.25, -0.2) is 0 Å². The van der Waals surface area contributed by atoms with Crippen LogP contribution in [0, 0.1) is 0 Å². The molecule has 2 aromatic rings. The molecule has 0 atom stereocenters. The van der Waals surface area contributed by atoms with Crippen molar-refractivity contribution in [2.45, 2.75) is 6.42 Å².